The maximum atomic E-state index is 2.78. The topological polar surface area (TPSA) is 11.4 Å². The van der Waals surface area contributed by atoms with Gasteiger partial charge in [0.05, 0.1) is 22.4 Å². The fourth-order valence-corrected chi connectivity index (χ4v) is 18.1. The molecule has 2 aliphatic heterocycles. The first kappa shape index (κ1) is 77.1. The van der Waals surface area contributed by atoms with Crippen LogP contribution in [0.5, 0.6) is 0 Å². The third kappa shape index (κ3) is 13.8. The molecule has 14 aromatic carbocycles. The van der Waals surface area contributed by atoms with E-state index in [0.717, 1.165) is 73.0 Å². The third-order valence-electron chi connectivity index (χ3n) is 24.8. The van der Waals surface area contributed by atoms with E-state index in [2.05, 4.69) is 457 Å². The summed E-state index contributed by atoms with van der Waals surface area (Å²) < 4.78 is 2.56. The molecule has 0 spiro atoms. The fraction of sp³-hybridized carbons (Fsp3) is 0.250. The van der Waals surface area contributed by atoms with E-state index in [1.165, 1.54) is 122 Å². The molecule has 578 valence electrons. The van der Waals surface area contributed by atoms with Gasteiger partial charge in [0.1, 0.15) is 0 Å². The zero-order valence-corrected chi connectivity index (χ0v) is 72.2. The van der Waals surface area contributed by atoms with E-state index in [-0.39, 0.29) is 44.6 Å². The summed E-state index contributed by atoms with van der Waals surface area (Å²) in [6, 6.07) is 116. The average Bonchev–Trinajstić information content (AvgIpc) is 0.785. The first-order chi connectivity index (χ1) is 55.0. The lowest BCUT2D eigenvalue weighted by molar-refractivity contribution is 0.568. The van der Waals surface area contributed by atoms with E-state index < -0.39 is 0 Å². The summed E-state index contributed by atoms with van der Waals surface area (Å²) in [5, 5.41) is 2.41. The van der Waals surface area contributed by atoms with E-state index >= 15 is 0 Å². The van der Waals surface area contributed by atoms with Gasteiger partial charge in [0.25, 0.3) is 6.71 Å². The van der Waals surface area contributed by atoms with Gasteiger partial charge in [-0.25, -0.2) is 0 Å². The van der Waals surface area contributed by atoms with Crippen molar-refractivity contribution in [2.45, 2.75) is 183 Å². The number of anilines is 6. The zero-order valence-electron chi connectivity index (χ0n) is 72.2. The molecular weight excluding hydrogens is 1400 g/mol. The second-order valence-corrected chi connectivity index (χ2v) is 40.3. The summed E-state index contributed by atoms with van der Waals surface area (Å²) in [5.74, 6) is 0. The minimum Gasteiger partial charge on any atom is -0.310 e. The van der Waals surface area contributed by atoms with E-state index in [9.17, 15) is 0 Å². The average molecular weight is 1510 g/mol. The molecule has 17 rings (SSSR count). The van der Waals surface area contributed by atoms with Crippen LogP contribution in [0, 0.1) is 0 Å². The molecule has 0 saturated heterocycles. The zero-order chi connectivity index (χ0) is 81.7. The standard InChI is InChI=1S/C112H112BN3/c1-106(2,3)80-57-77(58-81(65-80)107(4,5)6)75-53-55-93-98(61-75)115(104-88(71-39-26-22-27-40-71)67-84(110(13,14)15)68-89(104)72-41-28-23-29-42-72)100-63-79(86-48-38-52-97-102(86)87-47-34-36-50-95(87)114(97)96-51-37-35-49-92(96)112(19,20)21)64-101-103(100)113(93)94-56-54-76(78-59-82(108(7,8)9)66-83(60-78)109(10,11)12)62-99(94)116(101)105-90(73-43-30-24-31-44-73)69-85(111(16,17)18)70-91(105)74-45-32-25-33-46-74/h22-70H,1-21H3. The number of benzene rings is 14. The summed E-state index contributed by atoms with van der Waals surface area (Å²) in [7, 11) is 0. The molecule has 2 aliphatic rings. The normalized spacial score (nSPS) is 13.3. The van der Waals surface area contributed by atoms with Crippen molar-refractivity contribution >= 4 is 79.0 Å². The summed E-state index contributed by atoms with van der Waals surface area (Å²) in [6.45, 7) is 49.4. The molecule has 1 aromatic heterocycles. The molecule has 0 N–H and O–H groups in total. The monoisotopic (exact) mass is 1510 g/mol. The Morgan fingerprint density at radius 3 is 0.914 bits per heavy atom. The van der Waals surface area contributed by atoms with Crippen LogP contribution in [0.2, 0.25) is 0 Å². The first-order valence-electron chi connectivity index (χ1n) is 42.1. The van der Waals surface area contributed by atoms with E-state index in [1.807, 2.05) is 0 Å². The SMILES string of the molecule is CC(C)(C)c1cc(-c2ccc3c(c2)N(c2c(-c4ccccc4)cc(C(C)(C)C)cc2-c2ccccc2)c2cc(-c4cccc5c4c4ccccc4n5-c4ccccc4C(C)(C)C)cc4c2B3c2ccc(-c3cc(C(C)(C)C)cc(C(C)(C)C)c3)cc2N4c2c(-c3ccccc3)cc(C(C)(C)C)cc2-c2ccccc2)cc(C(C)(C)C)c1. The molecule has 3 heterocycles. The molecule has 0 atom stereocenters. The van der Waals surface area contributed by atoms with Gasteiger partial charge in [-0.2, -0.15) is 0 Å². The lowest BCUT2D eigenvalue weighted by Gasteiger charge is -2.46. The molecule has 0 aliphatic carbocycles. The van der Waals surface area contributed by atoms with Crippen LogP contribution >= 0.6 is 0 Å². The van der Waals surface area contributed by atoms with Crippen LogP contribution in [0.1, 0.15) is 184 Å². The summed E-state index contributed by atoms with van der Waals surface area (Å²) in [6.07, 6.45) is 0. The Labute approximate surface area is 691 Å². The van der Waals surface area contributed by atoms with Crippen molar-refractivity contribution in [2.75, 3.05) is 9.80 Å². The van der Waals surface area contributed by atoms with Gasteiger partial charge in [-0.15, -0.1) is 0 Å². The van der Waals surface area contributed by atoms with Crippen molar-refractivity contribution in [2.24, 2.45) is 0 Å². The maximum Gasteiger partial charge on any atom is 0.252 e. The molecule has 116 heavy (non-hydrogen) atoms. The number of fused-ring (bicyclic) bond motifs is 7. The molecule has 0 fully saturated rings. The van der Waals surface area contributed by atoms with E-state index in [4.69, 9.17) is 0 Å². The first-order valence-corrected chi connectivity index (χ1v) is 42.1. The molecule has 15 aromatic rings. The van der Waals surface area contributed by atoms with Crippen LogP contribution in [-0.2, 0) is 37.9 Å². The van der Waals surface area contributed by atoms with Crippen LogP contribution in [0.25, 0.3) is 105 Å². The number of para-hydroxylation sites is 2. The number of nitrogens with zero attached hydrogens (tertiary/aromatic N) is 3. The van der Waals surface area contributed by atoms with Gasteiger partial charge in [-0.1, -0.05) is 376 Å². The summed E-state index contributed by atoms with van der Waals surface area (Å²) in [4.78, 5) is 5.55. The van der Waals surface area contributed by atoms with Gasteiger partial charge in [-0.3, -0.25) is 0 Å². The van der Waals surface area contributed by atoms with Gasteiger partial charge in [0, 0.05) is 61.5 Å². The number of hydrogen-bond donors (Lipinski definition) is 0. The number of hydrogen-bond acceptors (Lipinski definition) is 2. The van der Waals surface area contributed by atoms with Gasteiger partial charge < -0.3 is 14.4 Å². The minimum atomic E-state index is -0.276. The van der Waals surface area contributed by atoms with Gasteiger partial charge in [0.15, 0.2) is 0 Å². The summed E-state index contributed by atoms with van der Waals surface area (Å²) >= 11 is 0. The second-order valence-electron chi connectivity index (χ2n) is 40.3. The Balaban J connectivity index is 1.12. The Morgan fingerprint density at radius 2 is 0.543 bits per heavy atom. The van der Waals surface area contributed by atoms with Crippen molar-refractivity contribution in [1.82, 2.24) is 4.57 Å². The molecule has 0 bridgehead atoms. The van der Waals surface area contributed by atoms with E-state index in [1.54, 1.807) is 0 Å². The van der Waals surface area contributed by atoms with Crippen molar-refractivity contribution < 1.29 is 0 Å². The quantitative estimate of drug-likeness (QED) is 0.126. The van der Waals surface area contributed by atoms with Crippen molar-refractivity contribution in [3.05, 3.63) is 336 Å². The predicted octanol–water partition coefficient (Wildman–Crippen LogP) is 29.6. The van der Waals surface area contributed by atoms with Gasteiger partial charge >= 0.3 is 0 Å². The third-order valence-corrected chi connectivity index (χ3v) is 24.8. The molecular formula is C112H112BN3. The maximum absolute atomic E-state index is 2.78. The summed E-state index contributed by atoms with van der Waals surface area (Å²) in [5.41, 5.74) is 38.4. The highest BCUT2D eigenvalue weighted by atomic mass is 15.2. The number of rotatable bonds is 10. The number of aromatic nitrogens is 1. The molecule has 0 saturated carbocycles. The molecule has 4 heteroatoms. The van der Waals surface area contributed by atoms with Crippen LogP contribution in [0.3, 0.4) is 0 Å². The largest absolute Gasteiger partial charge is 0.310 e. The van der Waals surface area contributed by atoms with Gasteiger partial charge in [0.2, 0.25) is 0 Å². The Bertz CT molecular complexity index is 5860. The smallest absolute Gasteiger partial charge is 0.252 e. The lowest BCUT2D eigenvalue weighted by Crippen LogP contribution is -2.61. The Hall–Kier alpha value is -11.5. The molecule has 0 unspecified atom stereocenters. The molecule has 0 amide bonds. The predicted molar refractivity (Wildman–Crippen MR) is 504 cm³/mol. The van der Waals surface area contributed by atoms with Crippen LogP contribution < -0.4 is 26.2 Å². The van der Waals surface area contributed by atoms with Crippen LogP contribution in [0.4, 0.5) is 34.1 Å². The van der Waals surface area contributed by atoms with Crippen LogP contribution in [-0.4, -0.2) is 11.3 Å². The second kappa shape index (κ2) is 28.2. The Morgan fingerprint density at radius 1 is 0.216 bits per heavy atom. The van der Waals surface area contributed by atoms with Crippen LogP contribution in [0.15, 0.2) is 297 Å². The van der Waals surface area contributed by atoms with Crippen molar-refractivity contribution in [1.29, 1.82) is 0 Å². The minimum absolute atomic E-state index is 0.121. The highest BCUT2D eigenvalue weighted by Crippen LogP contribution is 2.57. The van der Waals surface area contributed by atoms with E-state index in [0.29, 0.717) is 0 Å². The van der Waals surface area contributed by atoms with Gasteiger partial charge in [-0.05, 0) is 216 Å². The molecule has 3 nitrogen and oxygen atoms in total. The van der Waals surface area contributed by atoms with Crippen molar-refractivity contribution in [3.8, 4) is 83.6 Å². The fourth-order valence-electron chi connectivity index (χ4n) is 18.1. The Kier molecular flexibility index (Phi) is 18.7. The highest BCUT2D eigenvalue weighted by molar-refractivity contribution is 7.00. The molecule has 0 radical (unpaired) electrons. The lowest BCUT2D eigenvalue weighted by atomic mass is 9.33. The highest BCUT2D eigenvalue weighted by Gasteiger charge is 2.47. The van der Waals surface area contributed by atoms with Crippen molar-refractivity contribution in [3.63, 3.8) is 0 Å².